The first-order chi connectivity index (χ1) is 10.3. The molecule has 1 N–H and O–H groups in total. The summed E-state index contributed by atoms with van der Waals surface area (Å²) in [5, 5.41) is 3.38. The zero-order valence-electron chi connectivity index (χ0n) is 13.0. The molecule has 0 radical (unpaired) electrons. The molecule has 0 spiro atoms. The van der Waals surface area contributed by atoms with Gasteiger partial charge in [-0.05, 0) is 41.3 Å². The molecular formula is C18H20ClNO2. The maximum absolute atomic E-state index is 11.9. The quantitative estimate of drug-likeness (QED) is 0.891. The summed E-state index contributed by atoms with van der Waals surface area (Å²) in [4.78, 5) is 11.9. The topological polar surface area (TPSA) is 38.3 Å². The number of benzene rings is 2. The highest BCUT2D eigenvalue weighted by atomic mass is 35.5. The van der Waals surface area contributed by atoms with E-state index in [2.05, 4.69) is 26.1 Å². The Morgan fingerprint density at radius 3 is 2.45 bits per heavy atom. The van der Waals surface area contributed by atoms with E-state index >= 15 is 0 Å². The summed E-state index contributed by atoms with van der Waals surface area (Å²) in [5.41, 5.74) is 1.78. The molecule has 2 rings (SSSR count). The first-order valence-corrected chi connectivity index (χ1v) is 7.51. The average molecular weight is 318 g/mol. The van der Waals surface area contributed by atoms with E-state index in [0.29, 0.717) is 10.8 Å². The van der Waals surface area contributed by atoms with E-state index in [-0.39, 0.29) is 17.9 Å². The summed E-state index contributed by atoms with van der Waals surface area (Å²) < 4.78 is 5.56. The third kappa shape index (κ3) is 4.78. The lowest BCUT2D eigenvalue weighted by Crippen LogP contribution is -2.20. The van der Waals surface area contributed by atoms with Gasteiger partial charge in [0.25, 0.3) is 5.91 Å². The van der Waals surface area contributed by atoms with Gasteiger partial charge in [-0.3, -0.25) is 4.79 Å². The van der Waals surface area contributed by atoms with Crippen LogP contribution in [0.2, 0.25) is 5.02 Å². The number of hydrogen-bond donors (Lipinski definition) is 1. The van der Waals surface area contributed by atoms with Crippen molar-refractivity contribution < 1.29 is 9.53 Å². The van der Waals surface area contributed by atoms with Crippen molar-refractivity contribution in [2.75, 3.05) is 11.9 Å². The number of para-hydroxylation sites is 1. The van der Waals surface area contributed by atoms with Crippen molar-refractivity contribution in [3.63, 3.8) is 0 Å². The lowest BCUT2D eigenvalue weighted by atomic mass is 9.87. The smallest absolute Gasteiger partial charge is 0.262 e. The number of anilines is 1. The molecular weight excluding hydrogens is 298 g/mol. The maximum Gasteiger partial charge on any atom is 0.262 e. The van der Waals surface area contributed by atoms with Crippen molar-refractivity contribution in [3.05, 3.63) is 59.1 Å². The van der Waals surface area contributed by atoms with E-state index in [1.807, 2.05) is 42.5 Å². The van der Waals surface area contributed by atoms with E-state index in [9.17, 15) is 4.79 Å². The number of halogens is 1. The minimum Gasteiger partial charge on any atom is -0.484 e. The molecule has 3 nitrogen and oxygen atoms in total. The van der Waals surface area contributed by atoms with Gasteiger partial charge >= 0.3 is 0 Å². The summed E-state index contributed by atoms with van der Waals surface area (Å²) in [6, 6.07) is 14.8. The molecule has 0 aliphatic rings. The molecule has 0 unspecified atom stereocenters. The lowest BCUT2D eigenvalue weighted by molar-refractivity contribution is -0.118. The highest BCUT2D eigenvalue weighted by Crippen LogP contribution is 2.29. The van der Waals surface area contributed by atoms with Crippen LogP contribution in [0, 0.1) is 0 Å². The van der Waals surface area contributed by atoms with Gasteiger partial charge in [0, 0.05) is 10.7 Å². The molecule has 0 saturated heterocycles. The van der Waals surface area contributed by atoms with Crippen molar-refractivity contribution in [2.24, 2.45) is 0 Å². The standard InChI is InChI=1S/C18H20ClNO2/c1-18(2,3)13-9-14(19)11-16(10-13)22-12-17(21)20-15-7-5-4-6-8-15/h4-11H,12H2,1-3H3,(H,20,21). The van der Waals surface area contributed by atoms with Crippen molar-refractivity contribution in [3.8, 4) is 5.75 Å². The molecule has 2 aromatic rings. The van der Waals surface area contributed by atoms with Crippen LogP contribution in [0.15, 0.2) is 48.5 Å². The Morgan fingerprint density at radius 2 is 1.82 bits per heavy atom. The SMILES string of the molecule is CC(C)(C)c1cc(Cl)cc(OCC(=O)Nc2ccccc2)c1. The average Bonchev–Trinajstić information content (AvgIpc) is 2.45. The van der Waals surface area contributed by atoms with Gasteiger partial charge in [-0.1, -0.05) is 50.6 Å². The first-order valence-electron chi connectivity index (χ1n) is 7.13. The molecule has 0 aromatic heterocycles. The number of rotatable bonds is 4. The monoisotopic (exact) mass is 317 g/mol. The van der Waals surface area contributed by atoms with Crippen molar-refractivity contribution >= 4 is 23.2 Å². The highest BCUT2D eigenvalue weighted by Gasteiger charge is 2.16. The van der Waals surface area contributed by atoms with Gasteiger partial charge < -0.3 is 10.1 Å². The number of ether oxygens (including phenoxy) is 1. The summed E-state index contributed by atoms with van der Waals surface area (Å²) in [7, 11) is 0. The summed E-state index contributed by atoms with van der Waals surface area (Å²) >= 11 is 6.12. The van der Waals surface area contributed by atoms with E-state index in [4.69, 9.17) is 16.3 Å². The Kier molecular flexibility index (Phi) is 5.09. The summed E-state index contributed by atoms with van der Waals surface area (Å²) in [6.45, 7) is 6.25. The third-order valence-electron chi connectivity index (χ3n) is 3.16. The fourth-order valence-electron chi connectivity index (χ4n) is 1.95. The molecule has 116 valence electrons. The minimum atomic E-state index is -0.205. The fourth-order valence-corrected chi connectivity index (χ4v) is 2.17. The fraction of sp³-hybridized carbons (Fsp3) is 0.278. The lowest BCUT2D eigenvalue weighted by Gasteiger charge is -2.20. The van der Waals surface area contributed by atoms with Crippen LogP contribution in [0.1, 0.15) is 26.3 Å². The van der Waals surface area contributed by atoms with Gasteiger partial charge in [0.15, 0.2) is 6.61 Å². The molecule has 0 saturated carbocycles. The Balaban J connectivity index is 1.99. The number of amides is 1. The van der Waals surface area contributed by atoms with Crippen LogP contribution >= 0.6 is 11.6 Å². The second-order valence-corrected chi connectivity index (χ2v) is 6.56. The van der Waals surface area contributed by atoms with E-state index < -0.39 is 0 Å². The molecule has 0 aliphatic heterocycles. The highest BCUT2D eigenvalue weighted by molar-refractivity contribution is 6.30. The zero-order valence-corrected chi connectivity index (χ0v) is 13.8. The van der Waals surface area contributed by atoms with Crippen molar-refractivity contribution in [2.45, 2.75) is 26.2 Å². The van der Waals surface area contributed by atoms with Gasteiger partial charge in [-0.15, -0.1) is 0 Å². The molecule has 1 amide bonds. The number of carbonyl (C=O) groups is 1. The Morgan fingerprint density at radius 1 is 1.14 bits per heavy atom. The van der Waals surface area contributed by atoms with Crippen molar-refractivity contribution in [1.82, 2.24) is 0 Å². The Hall–Kier alpha value is -2.00. The van der Waals surface area contributed by atoms with Crippen LogP contribution in [-0.4, -0.2) is 12.5 Å². The second-order valence-electron chi connectivity index (χ2n) is 6.13. The molecule has 0 aliphatic carbocycles. The predicted octanol–water partition coefficient (Wildman–Crippen LogP) is 4.66. The van der Waals surface area contributed by atoms with Crippen LogP contribution in [0.3, 0.4) is 0 Å². The minimum absolute atomic E-state index is 0.0324. The van der Waals surface area contributed by atoms with Crippen LogP contribution < -0.4 is 10.1 Å². The molecule has 0 heterocycles. The maximum atomic E-state index is 11.9. The summed E-state index contributed by atoms with van der Waals surface area (Å²) in [6.07, 6.45) is 0. The predicted molar refractivity (Wildman–Crippen MR) is 90.7 cm³/mol. The summed E-state index contributed by atoms with van der Waals surface area (Å²) in [5.74, 6) is 0.393. The van der Waals surface area contributed by atoms with E-state index in [1.54, 1.807) is 6.07 Å². The van der Waals surface area contributed by atoms with Crippen LogP contribution in [0.5, 0.6) is 5.75 Å². The largest absolute Gasteiger partial charge is 0.484 e. The molecule has 4 heteroatoms. The van der Waals surface area contributed by atoms with Crippen LogP contribution in [0.4, 0.5) is 5.69 Å². The van der Waals surface area contributed by atoms with Gasteiger partial charge in [-0.25, -0.2) is 0 Å². The van der Waals surface area contributed by atoms with Crippen LogP contribution in [0.25, 0.3) is 0 Å². The Bertz CT molecular complexity index is 648. The third-order valence-corrected chi connectivity index (χ3v) is 3.38. The molecule has 0 atom stereocenters. The number of carbonyl (C=O) groups excluding carboxylic acids is 1. The first kappa shape index (κ1) is 16.4. The van der Waals surface area contributed by atoms with E-state index in [1.165, 1.54) is 0 Å². The van der Waals surface area contributed by atoms with E-state index in [0.717, 1.165) is 11.3 Å². The number of nitrogens with one attached hydrogen (secondary N) is 1. The molecule has 0 bridgehead atoms. The molecule has 22 heavy (non-hydrogen) atoms. The van der Waals surface area contributed by atoms with Gasteiger partial charge in [-0.2, -0.15) is 0 Å². The molecule has 0 fully saturated rings. The Labute approximate surface area is 136 Å². The van der Waals surface area contributed by atoms with Gasteiger partial charge in [0.05, 0.1) is 0 Å². The van der Waals surface area contributed by atoms with Gasteiger partial charge in [0.2, 0.25) is 0 Å². The number of hydrogen-bond acceptors (Lipinski definition) is 2. The van der Waals surface area contributed by atoms with Crippen LogP contribution in [-0.2, 0) is 10.2 Å². The van der Waals surface area contributed by atoms with Gasteiger partial charge in [0.1, 0.15) is 5.75 Å². The second kappa shape index (κ2) is 6.84. The normalized spacial score (nSPS) is 11.1. The molecule has 2 aromatic carbocycles. The van der Waals surface area contributed by atoms with Crippen molar-refractivity contribution in [1.29, 1.82) is 0 Å². The zero-order chi connectivity index (χ0) is 16.2.